The number of hydrogen-bond donors (Lipinski definition) is 2. The van der Waals surface area contributed by atoms with E-state index in [1.165, 1.54) is 11.8 Å². The van der Waals surface area contributed by atoms with Gasteiger partial charge in [-0.3, -0.25) is 4.79 Å². The number of nitrogens with two attached hydrogens (primary N) is 2. The van der Waals surface area contributed by atoms with E-state index in [9.17, 15) is 4.79 Å². The number of aromatic nitrogens is 1. The lowest BCUT2D eigenvalue weighted by Crippen LogP contribution is -2.12. The Morgan fingerprint density at radius 1 is 1.20 bits per heavy atom. The van der Waals surface area contributed by atoms with Gasteiger partial charge in [0.05, 0.1) is 5.56 Å². The van der Waals surface area contributed by atoms with Crippen LogP contribution < -0.4 is 11.5 Å². The predicted octanol–water partition coefficient (Wildman–Crippen LogP) is 2.66. The number of carbonyl (C=O) groups is 1. The molecule has 0 aliphatic heterocycles. The van der Waals surface area contributed by atoms with Gasteiger partial charge in [-0.2, -0.15) is 0 Å². The number of primary amides is 1. The van der Waals surface area contributed by atoms with Gasteiger partial charge in [-0.05, 0) is 42.1 Å². The molecule has 0 saturated heterocycles. The van der Waals surface area contributed by atoms with Crippen molar-refractivity contribution < 1.29 is 9.21 Å². The van der Waals surface area contributed by atoms with Gasteiger partial charge in [0.1, 0.15) is 5.52 Å². The predicted molar refractivity (Wildman–Crippen MR) is 77.5 cm³/mol. The lowest BCUT2D eigenvalue weighted by Gasteiger charge is -2.04. The van der Waals surface area contributed by atoms with Crippen molar-refractivity contribution in [3.63, 3.8) is 0 Å². The molecule has 1 heterocycles. The minimum absolute atomic E-state index is 0.359. The number of carbonyl (C=O) groups excluding carboxylic acids is 1. The summed E-state index contributed by atoms with van der Waals surface area (Å²) in [5.74, 6) is -0.532. The number of fused-ring (bicyclic) bond motifs is 1. The first-order chi connectivity index (χ1) is 9.63. The largest absolute Gasteiger partial charge is 0.431 e. The zero-order valence-corrected chi connectivity index (χ0v) is 11.2. The third-order valence-corrected chi connectivity index (χ3v) is 3.67. The molecule has 100 valence electrons. The van der Waals surface area contributed by atoms with Gasteiger partial charge in [0.25, 0.3) is 5.22 Å². The molecule has 0 saturated carbocycles. The van der Waals surface area contributed by atoms with Crippen LogP contribution >= 0.6 is 11.8 Å². The first kappa shape index (κ1) is 12.6. The van der Waals surface area contributed by atoms with Gasteiger partial charge in [-0.15, -0.1) is 0 Å². The molecule has 0 aliphatic rings. The molecular formula is C14H11N3O2S. The highest BCUT2D eigenvalue weighted by atomic mass is 32.2. The summed E-state index contributed by atoms with van der Waals surface area (Å²) < 4.78 is 5.61. The van der Waals surface area contributed by atoms with Gasteiger partial charge in [0.2, 0.25) is 5.91 Å². The zero-order chi connectivity index (χ0) is 14.1. The van der Waals surface area contributed by atoms with Crippen LogP contribution in [0.5, 0.6) is 0 Å². The van der Waals surface area contributed by atoms with Gasteiger partial charge in [0.15, 0.2) is 5.58 Å². The fourth-order valence-corrected chi connectivity index (χ4v) is 2.69. The quantitative estimate of drug-likeness (QED) is 0.721. The molecule has 0 spiro atoms. The number of amides is 1. The summed E-state index contributed by atoms with van der Waals surface area (Å²) >= 11 is 1.24. The summed E-state index contributed by atoms with van der Waals surface area (Å²) in [5.41, 5.74) is 13.3. The van der Waals surface area contributed by atoms with Crippen LogP contribution in [0.25, 0.3) is 11.1 Å². The molecular weight excluding hydrogens is 274 g/mol. The fraction of sp³-hybridized carbons (Fsp3) is 0. The van der Waals surface area contributed by atoms with Gasteiger partial charge < -0.3 is 15.9 Å². The van der Waals surface area contributed by atoms with Crippen molar-refractivity contribution in [2.75, 3.05) is 5.73 Å². The van der Waals surface area contributed by atoms with Crippen molar-refractivity contribution in [2.45, 2.75) is 10.1 Å². The zero-order valence-electron chi connectivity index (χ0n) is 10.4. The highest BCUT2D eigenvalue weighted by molar-refractivity contribution is 7.99. The van der Waals surface area contributed by atoms with Crippen LogP contribution in [-0.2, 0) is 0 Å². The third kappa shape index (κ3) is 2.33. The van der Waals surface area contributed by atoms with Crippen molar-refractivity contribution >= 4 is 34.5 Å². The van der Waals surface area contributed by atoms with E-state index in [2.05, 4.69) is 4.98 Å². The molecule has 0 unspecified atom stereocenters. The Morgan fingerprint density at radius 2 is 2.00 bits per heavy atom. The summed E-state index contributed by atoms with van der Waals surface area (Å²) in [6.07, 6.45) is 0. The Balaban J connectivity index is 2.00. The number of oxazole rings is 1. The van der Waals surface area contributed by atoms with Crippen molar-refractivity contribution in [2.24, 2.45) is 5.73 Å². The van der Waals surface area contributed by atoms with Crippen LogP contribution in [0, 0.1) is 0 Å². The molecule has 0 atom stereocenters. The lowest BCUT2D eigenvalue weighted by atomic mass is 10.2. The number of para-hydroxylation sites is 2. The van der Waals surface area contributed by atoms with E-state index >= 15 is 0 Å². The number of benzene rings is 2. The maximum atomic E-state index is 11.4. The number of anilines is 1. The molecule has 0 aliphatic carbocycles. The van der Waals surface area contributed by atoms with Gasteiger partial charge in [-0.25, -0.2) is 4.98 Å². The number of nitrogen functional groups attached to an aromatic ring is 1. The standard InChI is InChI=1S/C14H11N3O2S/c15-8-5-6-12(9(7-8)13(16)18)20-14-17-10-3-1-2-4-11(10)19-14/h1-7H,15H2,(H2,16,18). The van der Waals surface area contributed by atoms with Crippen molar-refractivity contribution in [1.82, 2.24) is 4.98 Å². The normalized spacial score (nSPS) is 10.8. The Hall–Kier alpha value is -2.47. The lowest BCUT2D eigenvalue weighted by molar-refractivity contribution is 0.0997. The van der Waals surface area contributed by atoms with Crippen LogP contribution in [0.15, 0.2) is 57.0 Å². The first-order valence-electron chi connectivity index (χ1n) is 5.86. The maximum Gasteiger partial charge on any atom is 0.261 e. The summed E-state index contributed by atoms with van der Waals surface area (Å²) in [5, 5.41) is 0.457. The average molecular weight is 285 g/mol. The Kier molecular flexibility index (Phi) is 3.08. The van der Waals surface area contributed by atoms with Gasteiger partial charge in [0, 0.05) is 10.6 Å². The van der Waals surface area contributed by atoms with E-state index in [1.807, 2.05) is 24.3 Å². The molecule has 1 aromatic heterocycles. The summed E-state index contributed by atoms with van der Waals surface area (Å²) in [6.45, 7) is 0. The molecule has 4 N–H and O–H groups in total. The second-order valence-electron chi connectivity index (χ2n) is 4.17. The Bertz CT molecular complexity index is 765. The average Bonchev–Trinajstić information content (AvgIpc) is 2.82. The minimum atomic E-state index is -0.532. The maximum absolute atomic E-state index is 11.4. The molecule has 5 nitrogen and oxygen atoms in total. The molecule has 2 aromatic carbocycles. The molecule has 0 radical (unpaired) electrons. The SMILES string of the molecule is NC(=O)c1cc(N)ccc1Sc1nc2ccccc2o1. The second kappa shape index (κ2) is 4.90. The number of hydrogen-bond acceptors (Lipinski definition) is 5. The topological polar surface area (TPSA) is 95.1 Å². The fourth-order valence-electron chi connectivity index (χ4n) is 1.82. The number of rotatable bonds is 3. The van der Waals surface area contributed by atoms with Crippen LogP contribution in [0.2, 0.25) is 0 Å². The highest BCUT2D eigenvalue weighted by Crippen LogP contribution is 2.32. The highest BCUT2D eigenvalue weighted by Gasteiger charge is 2.13. The van der Waals surface area contributed by atoms with Crippen LogP contribution in [0.1, 0.15) is 10.4 Å². The van der Waals surface area contributed by atoms with E-state index in [-0.39, 0.29) is 0 Å². The number of nitrogens with zero attached hydrogens (tertiary/aromatic N) is 1. The van der Waals surface area contributed by atoms with Gasteiger partial charge in [-0.1, -0.05) is 12.1 Å². The summed E-state index contributed by atoms with van der Waals surface area (Å²) in [7, 11) is 0. The summed E-state index contributed by atoms with van der Waals surface area (Å²) in [6, 6.07) is 12.4. The molecule has 20 heavy (non-hydrogen) atoms. The first-order valence-corrected chi connectivity index (χ1v) is 6.68. The molecule has 3 aromatic rings. The van der Waals surface area contributed by atoms with Crippen molar-refractivity contribution in [3.8, 4) is 0 Å². The van der Waals surface area contributed by atoms with Crippen molar-refractivity contribution in [1.29, 1.82) is 0 Å². The van der Waals surface area contributed by atoms with E-state index in [0.29, 0.717) is 27.0 Å². The van der Waals surface area contributed by atoms with Crippen LogP contribution in [0.3, 0.4) is 0 Å². The second-order valence-corrected chi connectivity index (χ2v) is 5.16. The Morgan fingerprint density at radius 3 is 2.75 bits per heavy atom. The van der Waals surface area contributed by atoms with Crippen LogP contribution in [-0.4, -0.2) is 10.9 Å². The molecule has 0 fully saturated rings. The smallest absolute Gasteiger partial charge is 0.261 e. The van der Waals surface area contributed by atoms with Crippen LogP contribution in [0.4, 0.5) is 5.69 Å². The van der Waals surface area contributed by atoms with Crippen molar-refractivity contribution in [3.05, 3.63) is 48.0 Å². The van der Waals surface area contributed by atoms with Gasteiger partial charge >= 0.3 is 0 Å². The molecule has 3 rings (SSSR count). The molecule has 1 amide bonds. The summed E-state index contributed by atoms with van der Waals surface area (Å²) in [4.78, 5) is 16.4. The van der Waals surface area contributed by atoms with E-state index in [1.54, 1.807) is 18.2 Å². The Labute approximate surface area is 119 Å². The van der Waals surface area contributed by atoms with E-state index < -0.39 is 5.91 Å². The third-order valence-electron chi connectivity index (χ3n) is 2.74. The van der Waals surface area contributed by atoms with E-state index in [4.69, 9.17) is 15.9 Å². The molecule has 0 bridgehead atoms. The minimum Gasteiger partial charge on any atom is -0.431 e. The van der Waals surface area contributed by atoms with E-state index in [0.717, 1.165) is 5.52 Å². The molecule has 6 heteroatoms. The monoisotopic (exact) mass is 285 g/mol.